The van der Waals surface area contributed by atoms with Crippen molar-refractivity contribution in [3.63, 3.8) is 0 Å². The van der Waals surface area contributed by atoms with E-state index in [1.54, 1.807) is 0 Å². The molecule has 2 aliphatic rings. The second-order valence-electron chi connectivity index (χ2n) is 30.2. The predicted octanol–water partition coefficient (Wildman–Crippen LogP) is 31.9. The Labute approximate surface area is 683 Å². The van der Waals surface area contributed by atoms with Crippen LogP contribution in [-0.2, 0) is 0 Å². The number of aromatic nitrogens is 2. The van der Waals surface area contributed by atoms with E-state index >= 15 is 0 Å². The van der Waals surface area contributed by atoms with E-state index in [1.807, 2.05) is 0 Å². The smallest absolute Gasteiger partial charge is 0.160 e. The van der Waals surface area contributed by atoms with Gasteiger partial charge in [-0.15, -0.1) is 0 Å². The SMILES string of the molecule is Brc1ccc(-c2cccc(-c3ccc(C4CCCCC4)cc3)n2)c2oc3c(N(c4cccc(-c5ccccc5)c4)c4cccc(-c5ccccc5)c4)ccc(Br)c3c12.c1ccc(-c2cccc(N(c3cccc(-c4ccccc4)c3)c3cccc4c3oc3c(-c5cccc(-c6ccc(C7CCCCC7)cc6)n5)cccc34)c2)cc1. The summed E-state index contributed by atoms with van der Waals surface area (Å²) in [5, 5.41) is 4.14. The minimum atomic E-state index is 0.673. The number of nitrogens with zero attached hydrogens (tertiary/aromatic N) is 4. The minimum Gasteiger partial charge on any atom is -0.453 e. The first-order valence-corrected chi connectivity index (χ1v) is 41.6. The molecule has 0 N–H and O–H groups in total. The van der Waals surface area contributed by atoms with Gasteiger partial charge in [-0.3, -0.25) is 0 Å². The van der Waals surface area contributed by atoms with Gasteiger partial charge in [0.1, 0.15) is 11.2 Å². The van der Waals surface area contributed by atoms with Crippen molar-refractivity contribution in [2.24, 2.45) is 0 Å². The highest BCUT2D eigenvalue weighted by Gasteiger charge is 2.28. The Bertz CT molecular complexity index is 6300. The van der Waals surface area contributed by atoms with Gasteiger partial charge in [0.2, 0.25) is 0 Å². The Balaban J connectivity index is 0.000000153. The highest BCUT2D eigenvalue weighted by atomic mass is 79.9. The lowest BCUT2D eigenvalue weighted by atomic mass is 9.84. The molecule has 18 aromatic rings. The normalized spacial score (nSPS) is 13.3. The molecular weight excluding hydrogens is 1520 g/mol. The third kappa shape index (κ3) is 14.6. The molecule has 552 valence electrons. The van der Waals surface area contributed by atoms with Crippen molar-refractivity contribution in [2.45, 2.75) is 76.0 Å². The van der Waals surface area contributed by atoms with Gasteiger partial charge in [-0.25, -0.2) is 9.97 Å². The lowest BCUT2D eigenvalue weighted by Crippen LogP contribution is -2.10. The molecule has 4 heterocycles. The highest BCUT2D eigenvalue weighted by molar-refractivity contribution is 9.11. The van der Waals surface area contributed by atoms with Crippen LogP contribution in [0.5, 0.6) is 0 Å². The van der Waals surface area contributed by atoms with Crippen molar-refractivity contribution in [3.05, 3.63) is 384 Å². The van der Waals surface area contributed by atoms with Gasteiger partial charge in [0.05, 0.1) is 34.2 Å². The van der Waals surface area contributed by atoms with Crippen molar-refractivity contribution in [3.8, 4) is 89.5 Å². The van der Waals surface area contributed by atoms with Crippen molar-refractivity contribution >= 4 is 110 Å². The first-order chi connectivity index (χ1) is 56.3. The molecule has 0 amide bonds. The van der Waals surface area contributed by atoms with E-state index in [0.717, 1.165) is 165 Å². The maximum absolute atomic E-state index is 7.17. The first-order valence-electron chi connectivity index (χ1n) is 40.0. The van der Waals surface area contributed by atoms with Crippen molar-refractivity contribution in [2.75, 3.05) is 9.80 Å². The van der Waals surface area contributed by atoms with Crippen molar-refractivity contribution < 1.29 is 8.83 Å². The summed E-state index contributed by atoms with van der Waals surface area (Å²) in [6.45, 7) is 0. The number of anilines is 6. The number of rotatable bonds is 16. The summed E-state index contributed by atoms with van der Waals surface area (Å²) in [7, 11) is 0. The number of hydrogen-bond acceptors (Lipinski definition) is 6. The van der Waals surface area contributed by atoms with E-state index in [9.17, 15) is 0 Å². The first kappa shape index (κ1) is 71.8. The summed E-state index contributed by atoms with van der Waals surface area (Å²) in [4.78, 5) is 15.1. The molecule has 20 rings (SSSR count). The number of benzene rings is 14. The topological polar surface area (TPSA) is 58.5 Å². The Morgan fingerprint density at radius 1 is 0.246 bits per heavy atom. The Morgan fingerprint density at radius 2 is 0.579 bits per heavy atom. The predicted molar refractivity (Wildman–Crippen MR) is 483 cm³/mol. The standard InChI is InChI=1S/C53H40Br2N2O.C53H42N2O/c54-45-30-29-44(48-24-12-23-47(56-48)39-27-25-38(26-28-39)35-13-4-1-5-14-35)52-50(45)51-46(55)31-32-49(53(51)58-52)57(42-21-10-19-40(33-42)36-15-6-2-7-16-36)43-22-11-20-41(34-43)37-17-8-3-9-18-37;1-4-15-37(16-5-1)40-31-33-41(34-32-40)49-28-14-29-50(54-49)48-27-12-25-46-47-26-13-30-51(53(47)56-52(46)48)55(44-23-10-21-42(35-44)38-17-6-2-7-18-38)45-24-11-22-43(36-45)39-19-8-3-9-20-39/h2-3,6-12,15-35H,1,4-5,13-14H2;2-3,6-14,17-37H,1,4-5,15-16H2. The van der Waals surface area contributed by atoms with Gasteiger partial charge in [0.15, 0.2) is 11.2 Å². The van der Waals surface area contributed by atoms with Gasteiger partial charge in [0.25, 0.3) is 0 Å². The van der Waals surface area contributed by atoms with Crippen LogP contribution < -0.4 is 9.80 Å². The molecule has 2 fully saturated rings. The highest BCUT2D eigenvalue weighted by Crippen LogP contribution is 2.51. The summed E-state index contributed by atoms with van der Waals surface area (Å²) < 4.78 is 16.2. The molecule has 0 saturated heterocycles. The number of fused-ring (bicyclic) bond motifs is 6. The number of para-hydroxylation sites is 2. The van der Waals surface area contributed by atoms with E-state index in [2.05, 4.69) is 406 Å². The van der Waals surface area contributed by atoms with Gasteiger partial charge < -0.3 is 18.6 Å². The van der Waals surface area contributed by atoms with E-state index in [4.69, 9.17) is 18.8 Å². The zero-order valence-electron chi connectivity index (χ0n) is 63.2. The fourth-order valence-electron chi connectivity index (χ4n) is 17.3. The zero-order chi connectivity index (χ0) is 76.3. The lowest BCUT2D eigenvalue weighted by molar-refractivity contribution is 0.443. The monoisotopic (exact) mass is 1600 g/mol. The third-order valence-electron chi connectivity index (χ3n) is 23.1. The van der Waals surface area contributed by atoms with Gasteiger partial charge in [-0.2, -0.15) is 0 Å². The van der Waals surface area contributed by atoms with Crippen molar-refractivity contribution in [1.82, 2.24) is 9.97 Å². The van der Waals surface area contributed by atoms with Gasteiger partial charge in [-0.05, 0) is 202 Å². The fraction of sp³-hybridized carbons (Fsp3) is 0.113. The van der Waals surface area contributed by atoms with Gasteiger partial charge in [-0.1, -0.05) is 325 Å². The van der Waals surface area contributed by atoms with E-state index in [1.165, 1.54) is 86.5 Å². The van der Waals surface area contributed by atoms with Crippen LogP contribution in [0, 0.1) is 0 Å². The molecule has 8 heteroatoms. The molecule has 0 spiro atoms. The second kappa shape index (κ2) is 32.3. The second-order valence-corrected chi connectivity index (χ2v) is 31.9. The van der Waals surface area contributed by atoms with Crippen LogP contribution in [0.2, 0.25) is 0 Å². The number of hydrogen-bond donors (Lipinski definition) is 0. The molecule has 0 bridgehead atoms. The molecular formula is C106H82Br2N4O2. The van der Waals surface area contributed by atoms with E-state index in [0.29, 0.717) is 11.8 Å². The summed E-state index contributed by atoms with van der Waals surface area (Å²) in [6, 6.07) is 130. The molecule has 2 aliphatic carbocycles. The molecule has 6 nitrogen and oxygen atoms in total. The molecule has 0 atom stereocenters. The third-order valence-corrected chi connectivity index (χ3v) is 24.4. The van der Waals surface area contributed by atoms with Crippen LogP contribution in [0.25, 0.3) is 133 Å². The maximum atomic E-state index is 7.17. The quantitative estimate of drug-likeness (QED) is 0.0961. The molecule has 4 aromatic heterocycles. The van der Waals surface area contributed by atoms with Crippen LogP contribution in [0.3, 0.4) is 0 Å². The number of halogens is 2. The molecule has 14 aromatic carbocycles. The molecule has 0 aliphatic heterocycles. The van der Waals surface area contributed by atoms with Crippen LogP contribution in [0.15, 0.2) is 382 Å². The van der Waals surface area contributed by atoms with Crippen LogP contribution in [0.4, 0.5) is 34.1 Å². The molecule has 2 saturated carbocycles. The largest absolute Gasteiger partial charge is 0.453 e. The van der Waals surface area contributed by atoms with E-state index in [-0.39, 0.29) is 0 Å². The summed E-state index contributed by atoms with van der Waals surface area (Å²) in [5.41, 5.74) is 29.3. The maximum Gasteiger partial charge on any atom is 0.160 e. The number of pyridine rings is 2. The lowest BCUT2D eigenvalue weighted by Gasteiger charge is -2.27. The van der Waals surface area contributed by atoms with Crippen molar-refractivity contribution in [1.29, 1.82) is 0 Å². The fourth-order valence-corrected chi connectivity index (χ4v) is 18.4. The Kier molecular flexibility index (Phi) is 20.4. The van der Waals surface area contributed by atoms with E-state index < -0.39 is 0 Å². The summed E-state index contributed by atoms with van der Waals surface area (Å²) >= 11 is 7.89. The summed E-state index contributed by atoms with van der Waals surface area (Å²) in [6.07, 6.45) is 13.3. The van der Waals surface area contributed by atoms with Gasteiger partial charge in [0, 0.05) is 75.5 Å². The van der Waals surface area contributed by atoms with Crippen LogP contribution in [-0.4, -0.2) is 9.97 Å². The summed E-state index contributed by atoms with van der Waals surface area (Å²) in [5.74, 6) is 1.36. The van der Waals surface area contributed by atoms with Crippen LogP contribution >= 0.6 is 31.9 Å². The molecule has 114 heavy (non-hydrogen) atoms. The number of furan rings is 2. The minimum absolute atomic E-state index is 0.673. The average Bonchev–Trinajstić information content (AvgIpc) is 1.58. The Hall–Kier alpha value is -12.5. The molecule has 0 unspecified atom stereocenters. The molecule has 0 radical (unpaired) electrons. The van der Waals surface area contributed by atoms with Crippen LogP contribution in [0.1, 0.15) is 87.2 Å². The Morgan fingerprint density at radius 3 is 1.01 bits per heavy atom. The average molecular weight is 1600 g/mol. The van der Waals surface area contributed by atoms with Gasteiger partial charge >= 0.3 is 0 Å². The zero-order valence-corrected chi connectivity index (χ0v) is 66.4.